The van der Waals surface area contributed by atoms with Crippen LogP contribution in [0.1, 0.15) is 2.85 Å². The molecule has 0 aliphatic rings. The zero-order chi connectivity index (χ0) is 9.56. The maximum absolute atomic E-state index is 10.4. The first-order valence-electron chi connectivity index (χ1n) is 2.82. The molecule has 0 radical (unpaired) electrons. The number of hydrogen-bond donors (Lipinski definition) is 0. The molecule has 0 aromatic rings. The topological polar surface area (TPSA) is 69.7 Å². The van der Waals surface area contributed by atoms with Crippen molar-refractivity contribution in [3.63, 3.8) is 0 Å². The van der Waals surface area contributed by atoms with E-state index in [1.807, 2.05) is 0 Å². The van der Waals surface area contributed by atoms with Crippen LogP contribution in [-0.2, 0) is 19.1 Å². The van der Waals surface area contributed by atoms with E-state index in [1.165, 1.54) is 0 Å². The minimum atomic E-state index is -1.40. The molecule has 0 rings (SSSR count). The van der Waals surface area contributed by atoms with Gasteiger partial charge in [0.2, 0.25) is 0 Å². The minimum absolute atomic E-state index is 0. The first-order chi connectivity index (χ1) is 5.60. The van der Waals surface area contributed by atoms with Gasteiger partial charge in [-0.1, -0.05) is 13.2 Å². The van der Waals surface area contributed by atoms with Crippen molar-refractivity contribution in [1.29, 1.82) is 0 Å². The van der Waals surface area contributed by atoms with Gasteiger partial charge >= 0.3 is 77.2 Å². The summed E-state index contributed by atoms with van der Waals surface area (Å²) in [5.41, 5.74) is 0. The summed E-state index contributed by atoms with van der Waals surface area (Å²) in [7, 11) is 0. The van der Waals surface area contributed by atoms with Crippen molar-refractivity contribution < 1.29 is 85.8 Å². The van der Waals surface area contributed by atoms with Crippen LogP contribution < -0.4 is 59.1 Å². The third-order valence-electron chi connectivity index (χ3n) is 0.701. The number of hydrogen-bond acceptors (Lipinski definition) is 5. The van der Waals surface area contributed by atoms with E-state index in [0.29, 0.717) is 0 Å². The van der Waals surface area contributed by atoms with Crippen LogP contribution in [0.15, 0.2) is 25.3 Å². The second-order valence-corrected chi connectivity index (χ2v) is 1.50. The first-order valence-corrected chi connectivity index (χ1v) is 2.82. The molecule has 0 aromatic heterocycles. The molecule has 0 N–H and O–H groups in total. The van der Waals surface area contributed by atoms with Crippen LogP contribution in [0.5, 0.6) is 0 Å². The summed E-state index contributed by atoms with van der Waals surface area (Å²) < 4.78 is 7.77. The molecule has 0 unspecified atom stereocenters. The molecule has 0 aliphatic carbocycles. The monoisotopic (exact) mass is 218 g/mol. The van der Waals surface area contributed by atoms with Gasteiger partial charge in [-0.05, 0) is 0 Å². The largest absolute Gasteiger partial charge is 1.00 e. The minimum Gasteiger partial charge on any atom is -1.00 e. The Labute approximate surface area is 128 Å². The molecule has 0 aromatic carbocycles. The summed E-state index contributed by atoms with van der Waals surface area (Å²) in [6.45, 7) is 6.05. The maximum Gasteiger partial charge on any atom is 1.00 e. The molecule has 0 heterocycles. The average Bonchev–Trinajstić information content (AvgIpc) is 2.03. The van der Waals surface area contributed by atoms with Crippen LogP contribution in [0, 0.1) is 0 Å². The van der Waals surface area contributed by atoms with Crippen LogP contribution >= 0.6 is 0 Å². The third kappa shape index (κ3) is 10.2. The number of ether oxygens (including phenoxy) is 2. The average molecular weight is 218 g/mol. The molecule has 5 nitrogen and oxygen atoms in total. The van der Waals surface area contributed by atoms with E-state index in [-0.39, 0.29) is 62.0 Å². The number of carbonyl (C=O) groups is 3. The van der Waals surface area contributed by atoms with Crippen molar-refractivity contribution in [3.8, 4) is 0 Å². The predicted molar refractivity (Wildman–Crippen MR) is 40.2 cm³/mol. The molecule has 68 valence electrons. The Balaban J connectivity index is -0.000000101. The summed E-state index contributed by atoms with van der Waals surface area (Å²) in [4.78, 5) is 31.0. The fourth-order valence-corrected chi connectivity index (χ4v) is 0.268. The normalized spacial score (nSPS) is 6.86. The Kier molecular flexibility index (Phi) is 15.7. The van der Waals surface area contributed by atoms with Crippen LogP contribution in [-0.4, -0.2) is 18.1 Å². The van der Waals surface area contributed by atoms with Crippen LogP contribution in [0.4, 0.5) is 4.79 Å². The molecule has 14 heavy (non-hydrogen) atoms. The number of esters is 2. The van der Waals surface area contributed by atoms with Gasteiger partial charge in [-0.3, -0.25) is 0 Å². The molecular formula is C7H8Na2O5. The second-order valence-electron chi connectivity index (χ2n) is 1.50. The molecule has 0 saturated carbocycles. The zero-order valence-corrected chi connectivity index (χ0v) is 12.1. The Morgan fingerprint density at radius 3 is 1.43 bits per heavy atom. The van der Waals surface area contributed by atoms with Gasteiger partial charge in [0, 0.05) is 12.2 Å². The Hall–Kier alpha value is 0.0900. The summed E-state index contributed by atoms with van der Waals surface area (Å²) >= 11 is 0. The maximum atomic E-state index is 10.4. The van der Waals surface area contributed by atoms with E-state index in [4.69, 9.17) is 0 Å². The number of rotatable bonds is 2. The predicted octanol–water partition coefficient (Wildman–Crippen LogP) is -5.20. The summed E-state index contributed by atoms with van der Waals surface area (Å²) in [5.74, 6) is -1.98. The van der Waals surface area contributed by atoms with Gasteiger partial charge in [0.15, 0.2) is 0 Å². The fourth-order valence-electron chi connectivity index (χ4n) is 0.268. The van der Waals surface area contributed by atoms with Gasteiger partial charge in [0.25, 0.3) is 0 Å². The fraction of sp³-hybridized carbons (Fsp3) is 0. The van der Waals surface area contributed by atoms with Gasteiger partial charge in [0.1, 0.15) is 0 Å². The summed E-state index contributed by atoms with van der Waals surface area (Å²) in [6, 6.07) is 0. The summed E-state index contributed by atoms with van der Waals surface area (Å²) in [5, 5.41) is 0. The van der Waals surface area contributed by atoms with Gasteiger partial charge in [-0.25, -0.2) is 14.4 Å². The van der Waals surface area contributed by atoms with Crippen molar-refractivity contribution in [2.24, 2.45) is 0 Å². The quantitative estimate of drug-likeness (QED) is 0.200. The van der Waals surface area contributed by atoms with Crippen molar-refractivity contribution in [1.82, 2.24) is 0 Å². The van der Waals surface area contributed by atoms with E-state index in [9.17, 15) is 14.4 Å². The van der Waals surface area contributed by atoms with Crippen molar-refractivity contribution >= 4 is 18.1 Å². The molecule has 0 spiro atoms. The Morgan fingerprint density at radius 1 is 0.929 bits per heavy atom. The van der Waals surface area contributed by atoms with E-state index < -0.39 is 18.1 Å². The SMILES string of the molecule is C=CC(=O)OC(=O)OC(=O)C=C.[H-].[H-].[Na+].[Na+]. The van der Waals surface area contributed by atoms with Gasteiger partial charge in [-0.2, -0.15) is 0 Å². The molecule has 0 aliphatic heterocycles. The summed E-state index contributed by atoms with van der Waals surface area (Å²) in [6.07, 6.45) is 0.129. The molecule has 0 saturated heterocycles. The van der Waals surface area contributed by atoms with Crippen LogP contribution in [0.25, 0.3) is 0 Å². The van der Waals surface area contributed by atoms with E-state index in [0.717, 1.165) is 12.2 Å². The molecule has 0 bridgehead atoms. The standard InChI is InChI=1S/C7H6O5.2Na.2H/c1-3-5(8)11-7(10)12-6(9)4-2;;;;/h3-4H,1-2H2;;;;/q;2*+1;2*-1. The van der Waals surface area contributed by atoms with Crippen LogP contribution in [0.3, 0.4) is 0 Å². The van der Waals surface area contributed by atoms with Crippen molar-refractivity contribution in [2.75, 3.05) is 0 Å². The molecule has 7 heteroatoms. The Bertz CT molecular complexity index is 233. The smallest absolute Gasteiger partial charge is 1.00 e. The molecule has 0 fully saturated rings. The zero-order valence-electron chi connectivity index (χ0n) is 10.1. The van der Waals surface area contributed by atoms with Gasteiger partial charge < -0.3 is 12.3 Å². The van der Waals surface area contributed by atoms with E-state index >= 15 is 0 Å². The van der Waals surface area contributed by atoms with Gasteiger partial charge in [-0.15, -0.1) is 0 Å². The second kappa shape index (κ2) is 11.2. The van der Waals surface area contributed by atoms with E-state index in [2.05, 4.69) is 22.6 Å². The number of carbonyl (C=O) groups excluding carboxylic acids is 3. The van der Waals surface area contributed by atoms with Crippen molar-refractivity contribution in [3.05, 3.63) is 25.3 Å². The van der Waals surface area contributed by atoms with Crippen LogP contribution in [0.2, 0.25) is 0 Å². The van der Waals surface area contributed by atoms with Crippen molar-refractivity contribution in [2.45, 2.75) is 0 Å². The molecule has 0 atom stereocenters. The third-order valence-corrected chi connectivity index (χ3v) is 0.701. The first kappa shape index (κ1) is 19.6. The molecule has 0 amide bonds. The Morgan fingerprint density at radius 2 is 1.21 bits per heavy atom. The molecular weight excluding hydrogens is 210 g/mol. The van der Waals surface area contributed by atoms with E-state index in [1.54, 1.807) is 0 Å². The van der Waals surface area contributed by atoms with Gasteiger partial charge in [0.05, 0.1) is 0 Å².